The van der Waals surface area contributed by atoms with Crippen LogP contribution in [0.2, 0.25) is 0 Å². The van der Waals surface area contributed by atoms with Gasteiger partial charge in [0.05, 0.1) is 57.8 Å². The highest BCUT2D eigenvalue weighted by molar-refractivity contribution is 6.24. The van der Waals surface area contributed by atoms with Crippen LogP contribution in [0.4, 0.5) is 45.5 Å². The van der Waals surface area contributed by atoms with Gasteiger partial charge in [-0.05, 0) is 133 Å². The standard InChI is InChI=1S/C52H46N8O5/c1-57(2)35-18-10-31(11-19-35)53-55-33-14-22-37(23-15-33)59-49(62)41-27-26-40-42(45(41)51(59)64)29-43-48(47(40)46-39-8-6-5-7-30(39)9-28-44(46)61)52(65)60(50(43)63)38-24-16-34(17-25-38)56-54-32-12-20-36(21-13-32)58(3)4/h5-26,28,41-43,45,47-48,61H,27,29H2,1-4H3/t41-,42+,43+,45-,47+,48+/m0/s1. The fourth-order valence-electron chi connectivity index (χ4n) is 10.2. The van der Waals surface area contributed by atoms with Crippen LogP contribution in [0.5, 0.6) is 5.75 Å². The van der Waals surface area contributed by atoms with Crippen LogP contribution in [0.15, 0.2) is 166 Å². The second kappa shape index (κ2) is 16.4. The second-order valence-corrected chi connectivity index (χ2v) is 17.5. The van der Waals surface area contributed by atoms with E-state index in [0.717, 1.165) is 27.7 Å². The minimum Gasteiger partial charge on any atom is -0.508 e. The van der Waals surface area contributed by atoms with Gasteiger partial charge >= 0.3 is 0 Å². The highest BCUT2D eigenvalue weighted by Gasteiger charge is 2.62. The van der Waals surface area contributed by atoms with Gasteiger partial charge in [-0.1, -0.05) is 42.0 Å². The lowest BCUT2D eigenvalue weighted by molar-refractivity contribution is -0.126. The Morgan fingerprint density at radius 1 is 0.508 bits per heavy atom. The molecular weight excluding hydrogens is 817 g/mol. The SMILES string of the molecule is CN(C)c1ccc(N=Nc2ccc(N3C(=O)[C@H]4[C@H](CC=C5[C@H]4C[C@H]4C(=O)N(c6ccc(N=Nc7ccc(N(C)C)cc7)cc6)C(=O)[C@H]4[C@H]5c4c(O)ccc5ccccc45)C3=O)cc2)cc1. The van der Waals surface area contributed by atoms with Gasteiger partial charge < -0.3 is 14.9 Å². The van der Waals surface area contributed by atoms with Gasteiger partial charge in [-0.15, -0.1) is 0 Å². The van der Waals surface area contributed by atoms with Crippen molar-refractivity contribution in [2.24, 2.45) is 50.0 Å². The lowest BCUT2D eigenvalue weighted by Gasteiger charge is -2.44. The Bertz CT molecular complexity index is 2960. The molecule has 2 aliphatic carbocycles. The molecule has 2 heterocycles. The Morgan fingerprint density at radius 2 is 0.969 bits per heavy atom. The monoisotopic (exact) mass is 862 g/mol. The van der Waals surface area contributed by atoms with Gasteiger partial charge in [0.15, 0.2) is 0 Å². The molecule has 13 heteroatoms. The number of amides is 4. The van der Waals surface area contributed by atoms with E-state index in [0.29, 0.717) is 39.7 Å². The molecule has 2 saturated heterocycles. The van der Waals surface area contributed by atoms with E-state index in [2.05, 4.69) is 20.5 Å². The smallest absolute Gasteiger partial charge is 0.238 e. The summed E-state index contributed by atoms with van der Waals surface area (Å²) in [7, 11) is 7.86. The van der Waals surface area contributed by atoms with Crippen LogP contribution >= 0.6 is 0 Å². The second-order valence-electron chi connectivity index (χ2n) is 17.5. The zero-order valence-corrected chi connectivity index (χ0v) is 36.3. The van der Waals surface area contributed by atoms with Gasteiger partial charge in [-0.3, -0.25) is 29.0 Å². The Labute approximate surface area is 376 Å². The van der Waals surface area contributed by atoms with Crippen molar-refractivity contribution in [3.8, 4) is 5.75 Å². The van der Waals surface area contributed by atoms with E-state index >= 15 is 0 Å². The highest BCUT2D eigenvalue weighted by Crippen LogP contribution is 2.60. The molecule has 0 radical (unpaired) electrons. The summed E-state index contributed by atoms with van der Waals surface area (Å²) in [6.45, 7) is 0. The molecule has 0 unspecified atom stereocenters. The molecule has 0 bridgehead atoms. The summed E-state index contributed by atoms with van der Waals surface area (Å²) >= 11 is 0. The van der Waals surface area contributed by atoms with E-state index in [-0.39, 0.29) is 42.2 Å². The molecule has 6 aromatic carbocycles. The summed E-state index contributed by atoms with van der Waals surface area (Å²) in [5.41, 5.74) is 6.70. The van der Waals surface area contributed by atoms with E-state index in [4.69, 9.17) is 0 Å². The first kappa shape index (κ1) is 41.2. The minimum absolute atomic E-state index is 0.000778. The number of phenolic OH excluding ortho intramolecular Hbond substituents is 1. The van der Waals surface area contributed by atoms with Crippen molar-refractivity contribution in [1.82, 2.24) is 0 Å². The van der Waals surface area contributed by atoms with Crippen LogP contribution in [-0.2, 0) is 19.2 Å². The van der Waals surface area contributed by atoms with E-state index in [1.165, 1.54) is 9.80 Å². The number of rotatable bonds is 9. The number of hydrogen-bond acceptors (Lipinski definition) is 11. The molecule has 4 amide bonds. The molecule has 6 atom stereocenters. The summed E-state index contributed by atoms with van der Waals surface area (Å²) in [6.07, 6.45) is 2.46. The van der Waals surface area contributed by atoms with Crippen molar-refractivity contribution in [1.29, 1.82) is 0 Å². The predicted octanol–water partition coefficient (Wildman–Crippen LogP) is 10.6. The minimum atomic E-state index is -0.862. The zero-order chi connectivity index (χ0) is 45.1. The predicted molar refractivity (Wildman–Crippen MR) is 251 cm³/mol. The summed E-state index contributed by atoms with van der Waals surface area (Å²) in [5, 5.41) is 30.8. The number of fused-ring (bicyclic) bond motifs is 5. The lowest BCUT2D eigenvalue weighted by atomic mass is 9.56. The first-order chi connectivity index (χ1) is 31.5. The topological polar surface area (TPSA) is 151 Å². The molecule has 1 saturated carbocycles. The maximum Gasteiger partial charge on any atom is 0.238 e. The number of allylic oxidation sites excluding steroid dienone is 2. The highest BCUT2D eigenvalue weighted by atomic mass is 16.3. The van der Waals surface area contributed by atoms with Gasteiger partial charge in [0.2, 0.25) is 23.6 Å². The van der Waals surface area contributed by atoms with Gasteiger partial charge in [0.1, 0.15) is 5.75 Å². The summed E-state index contributed by atoms with van der Waals surface area (Å²) in [4.78, 5) is 65.2. The van der Waals surface area contributed by atoms with Crippen molar-refractivity contribution in [3.63, 3.8) is 0 Å². The van der Waals surface area contributed by atoms with Crippen molar-refractivity contribution in [2.75, 3.05) is 47.8 Å². The summed E-state index contributed by atoms with van der Waals surface area (Å²) < 4.78 is 0. The van der Waals surface area contributed by atoms with Crippen LogP contribution in [0.1, 0.15) is 24.3 Å². The summed E-state index contributed by atoms with van der Waals surface area (Å²) in [5.74, 6) is -5.82. The van der Waals surface area contributed by atoms with E-state index < -0.39 is 35.5 Å². The van der Waals surface area contributed by atoms with Crippen LogP contribution in [0, 0.1) is 29.6 Å². The number of carbonyl (C=O) groups excluding carboxylic acids is 4. The van der Waals surface area contributed by atoms with Crippen molar-refractivity contribution >= 4 is 79.9 Å². The van der Waals surface area contributed by atoms with Crippen molar-refractivity contribution in [3.05, 3.63) is 151 Å². The Hall–Kier alpha value is -7.80. The zero-order valence-electron chi connectivity index (χ0n) is 36.3. The molecule has 10 rings (SSSR count). The van der Waals surface area contributed by atoms with E-state index in [1.54, 1.807) is 54.6 Å². The summed E-state index contributed by atoms with van der Waals surface area (Å²) in [6, 6.07) is 40.1. The van der Waals surface area contributed by atoms with Gasteiger partial charge in [-0.2, -0.15) is 20.5 Å². The number of anilines is 4. The number of hydrogen-bond donors (Lipinski definition) is 1. The fraction of sp³-hybridized carbons (Fsp3) is 0.231. The van der Waals surface area contributed by atoms with Crippen molar-refractivity contribution in [2.45, 2.75) is 18.8 Å². The Balaban J connectivity index is 0.960. The largest absolute Gasteiger partial charge is 0.508 e. The molecule has 0 aromatic heterocycles. The number of carbonyl (C=O) groups is 4. The number of azo groups is 2. The molecule has 3 fully saturated rings. The third-order valence-corrected chi connectivity index (χ3v) is 13.4. The number of phenols is 1. The third kappa shape index (κ3) is 7.22. The molecule has 2 aliphatic heterocycles. The average molecular weight is 863 g/mol. The molecule has 1 N–H and O–H groups in total. The number of imide groups is 2. The van der Waals surface area contributed by atoms with Gasteiger partial charge in [-0.25, -0.2) is 0 Å². The third-order valence-electron chi connectivity index (χ3n) is 13.4. The molecule has 6 aromatic rings. The first-order valence-corrected chi connectivity index (χ1v) is 21.7. The van der Waals surface area contributed by atoms with Crippen LogP contribution in [0.3, 0.4) is 0 Å². The number of benzene rings is 6. The van der Waals surface area contributed by atoms with Crippen molar-refractivity contribution < 1.29 is 24.3 Å². The quantitative estimate of drug-likeness (QED) is 0.0863. The Kier molecular flexibility index (Phi) is 10.4. The molecule has 4 aliphatic rings. The fourth-order valence-corrected chi connectivity index (χ4v) is 10.2. The number of aromatic hydroxyl groups is 1. The molecule has 324 valence electrons. The van der Waals surface area contributed by atoms with E-state index in [1.807, 2.05) is 123 Å². The van der Waals surface area contributed by atoms with Crippen LogP contribution in [0.25, 0.3) is 10.8 Å². The maximum absolute atomic E-state index is 14.9. The molecule has 0 spiro atoms. The Morgan fingerprint density at radius 3 is 1.48 bits per heavy atom. The van der Waals surface area contributed by atoms with Gasteiger partial charge in [0.25, 0.3) is 0 Å². The van der Waals surface area contributed by atoms with Crippen LogP contribution < -0.4 is 19.6 Å². The maximum atomic E-state index is 14.9. The normalized spacial score (nSPS) is 22.7. The first-order valence-electron chi connectivity index (χ1n) is 21.7. The molecular formula is C52H46N8O5. The average Bonchev–Trinajstić information content (AvgIpc) is 3.73. The number of nitrogens with zero attached hydrogens (tertiary/aromatic N) is 8. The van der Waals surface area contributed by atoms with Gasteiger partial charge in [0, 0.05) is 51.0 Å². The van der Waals surface area contributed by atoms with Crippen LogP contribution in [-0.4, -0.2) is 56.9 Å². The lowest BCUT2D eigenvalue weighted by Crippen LogP contribution is -2.43. The molecule has 13 nitrogen and oxygen atoms in total. The van der Waals surface area contributed by atoms with E-state index in [9.17, 15) is 24.3 Å². The molecule has 65 heavy (non-hydrogen) atoms.